The SMILES string of the molecule is CCOc1ccc(NC(=O)COCCOc2ccccc2)cc1S(=O)(=O)N(CC)CC. The van der Waals surface area contributed by atoms with Crippen molar-refractivity contribution in [2.45, 2.75) is 25.7 Å². The van der Waals surface area contributed by atoms with Crippen molar-refractivity contribution < 1.29 is 27.4 Å². The summed E-state index contributed by atoms with van der Waals surface area (Å²) in [6.45, 7) is 6.69. The van der Waals surface area contributed by atoms with Gasteiger partial charge in [0.2, 0.25) is 15.9 Å². The maximum atomic E-state index is 13.0. The number of ether oxygens (including phenoxy) is 3. The molecular weight excluding hydrogens is 420 g/mol. The van der Waals surface area contributed by atoms with Crippen LogP contribution in [0.1, 0.15) is 20.8 Å². The zero-order valence-corrected chi connectivity index (χ0v) is 19.0. The highest BCUT2D eigenvalue weighted by atomic mass is 32.2. The van der Waals surface area contributed by atoms with Crippen molar-refractivity contribution in [3.63, 3.8) is 0 Å². The number of hydrogen-bond donors (Lipinski definition) is 1. The number of nitrogens with one attached hydrogen (secondary N) is 1. The smallest absolute Gasteiger partial charge is 0.250 e. The number of amides is 1. The third-order valence-corrected chi connectivity index (χ3v) is 6.39. The second kappa shape index (κ2) is 12.3. The Kier molecular flexibility index (Phi) is 9.77. The Labute approximate surface area is 184 Å². The zero-order chi connectivity index (χ0) is 22.7. The predicted octanol–water partition coefficient (Wildman–Crippen LogP) is 3.15. The molecule has 0 spiro atoms. The third-order valence-electron chi connectivity index (χ3n) is 4.32. The van der Waals surface area contributed by atoms with Crippen molar-refractivity contribution in [2.24, 2.45) is 0 Å². The number of para-hydroxylation sites is 1. The van der Waals surface area contributed by atoms with Crippen LogP contribution in [0.4, 0.5) is 5.69 Å². The minimum Gasteiger partial charge on any atom is -0.492 e. The summed E-state index contributed by atoms with van der Waals surface area (Å²) in [6, 6.07) is 13.9. The minimum atomic E-state index is -3.75. The van der Waals surface area contributed by atoms with Gasteiger partial charge in [0.15, 0.2) is 0 Å². The van der Waals surface area contributed by atoms with Gasteiger partial charge in [-0.1, -0.05) is 32.0 Å². The largest absolute Gasteiger partial charge is 0.492 e. The van der Waals surface area contributed by atoms with E-state index in [2.05, 4.69) is 5.32 Å². The molecule has 0 aliphatic carbocycles. The van der Waals surface area contributed by atoms with Gasteiger partial charge in [-0.05, 0) is 37.3 Å². The fourth-order valence-corrected chi connectivity index (χ4v) is 4.48. The molecule has 1 N–H and O–H groups in total. The molecule has 1 amide bonds. The van der Waals surface area contributed by atoms with E-state index in [4.69, 9.17) is 14.2 Å². The molecule has 170 valence electrons. The second-order valence-corrected chi connectivity index (χ2v) is 8.35. The Hall–Kier alpha value is -2.62. The quantitative estimate of drug-likeness (QED) is 0.471. The molecule has 0 aromatic heterocycles. The van der Waals surface area contributed by atoms with Crippen molar-refractivity contribution in [2.75, 3.05) is 44.8 Å². The highest BCUT2D eigenvalue weighted by molar-refractivity contribution is 7.89. The lowest BCUT2D eigenvalue weighted by Crippen LogP contribution is -2.31. The molecular formula is C22H30N2O6S. The third kappa shape index (κ3) is 7.23. The lowest BCUT2D eigenvalue weighted by Gasteiger charge is -2.21. The van der Waals surface area contributed by atoms with E-state index in [0.29, 0.717) is 32.0 Å². The first-order chi connectivity index (χ1) is 14.9. The normalized spacial score (nSPS) is 11.4. The van der Waals surface area contributed by atoms with Gasteiger partial charge in [-0.15, -0.1) is 0 Å². The van der Waals surface area contributed by atoms with Gasteiger partial charge in [-0.25, -0.2) is 8.42 Å². The van der Waals surface area contributed by atoms with Crippen LogP contribution in [0.15, 0.2) is 53.4 Å². The van der Waals surface area contributed by atoms with E-state index in [-0.39, 0.29) is 23.9 Å². The number of anilines is 1. The first-order valence-corrected chi connectivity index (χ1v) is 11.7. The molecule has 2 aromatic carbocycles. The van der Waals surface area contributed by atoms with Gasteiger partial charge < -0.3 is 19.5 Å². The molecule has 9 heteroatoms. The minimum absolute atomic E-state index is 0.0213. The summed E-state index contributed by atoms with van der Waals surface area (Å²) in [6.07, 6.45) is 0. The fraction of sp³-hybridized carbons (Fsp3) is 0.409. The summed E-state index contributed by atoms with van der Waals surface area (Å²) in [7, 11) is -3.75. The molecule has 0 aliphatic heterocycles. The monoisotopic (exact) mass is 450 g/mol. The van der Waals surface area contributed by atoms with Gasteiger partial charge in [-0.2, -0.15) is 4.31 Å². The van der Waals surface area contributed by atoms with Gasteiger partial charge >= 0.3 is 0 Å². The van der Waals surface area contributed by atoms with Crippen LogP contribution in [-0.2, 0) is 19.6 Å². The van der Waals surface area contributed by atoms with Crippen LogP contribution >= 0.6 is 0 Å². The van der Waals surface area contributed by atoms with Crippen molar-refractivity contribution in [3.8, 4) is 11.5 Å². The van der Waals surface area contributed by atoms with Crippen LogP contribution in [0.3, 0.4) is 0 Å². The van der Waals surface area contributed by atoms with E-state index in [0.717, 1.165) is 5.75 Å². The summed E-state index contributed by atoms with van der Waals surface area (Å²) in [5.41, 5.74) is 0.350. The number of nitrogens with zero attached hydrogens (tertiary/aromatic N) is 1. The van der Waals surface area contributed by atoms with Crippen LogP contribution in [0.5, 0.6) is 11.5 Å². The van der Waals surface area contributed by atoms with Crippen molar-refractivity contribution in [1.82, 2.24) is 4.31 Å². The maximum absolute atomic E-state index is 13.0. The molecule has 0 fully saturated rings. The molecule has 0 bridgehead atoms. The van der Waals surface area contributed by atoms with Crippen LogP contribution < -0.4 is 14.8 Å². The van der Waals surface area contributed by atoms with Gasteiger partial charge in [0.25, 0.3) is 0 Å². The molecule has 0 atom stereocenters. The first kappa shape index (κ1) is 24.6. The molecule has 0 unspecified atom stereocenters. The Morgan fingerprint density at radius 3 is 2.32 bits per heavy atom. The summed E-state index contributed by atoms with van der Waals surface area (Å²) in [4.78, 5) is 12.2. The molecule has 8 nitrogen and oxygen atoms in total. The Morgan fingerprint density at radius 1 is 0.968 bits per heavy atom. The van der Waals surface area contributed by atoms with Gasteiger partial charge in [0.05, 0.1) is 13.2 Å². The molecule has 0 aliphatic rings. The zero-order valence-electron chi connectivity index (χ0n) is 18.2. The summed E-state index contributed by atoms with van der Waals surface area (Å²) in [5, 5.41) is 2.66. The molecule has 2 rings (SSSR count). The molecule has 0 saturated heterocycles. The number of sulfonamides is 1. The van der Waals surface area contributed by atoms with E-state index >= 15 is 0 Å². The molecule has 0 radical (unpaired) electrons. The summed E-state index contributed by atoms with van der Waals surface area (Å²) >= 11 is 0. The Bertz CT molecular complexity index is 930. The van der Waals surface area contributed by atoms with Crippen LogP contribution in [0.25, 0.3) is 0 Å². The van der Waals surface area contributed by atoms with E-state index in [1.54, 1.807) is 32.9 Å². The molecule has 0 saturated carbocycles. The van der Waals surface area contributed by atoms with Crippen molar-refractivity contribution >= 4 is 21.6 Å². The van der Waals surface area contributed by atoms with Gasteiger partial charge in [0, 0.05) is 18.8 Å². The van der Waals surface area contributed by atoms with E-state index < -0.39 is 15.9 Å². The fourth-order valence-electron chi connectivity index (χ4n) is 2.86. The van der Waals surface area contributed by atoms with Gasteiger partial charge in [0.1, 0.15) is 29.6 Å². The molecule has 0 heterocycles. The lowest BCUT2D eigenvalue weighted by atomic mass is 10.3. The topological polar surface area (TPSA) is 94.2 Å². The van der Waals surface area contributed by atoms with Crippen molar-refractivity contribution in [1.29, 1.82) is 0 Å². The number of carbonyl (C=O) groups is 1. The second-order valence-electron chi connectivity index (χ2n) is 6.45. The number of carbonyl (C=O) groups excluding carboxylic acids is 1. The number of benzene rings is 2. The lowest BCUT2D eigenvalue weighted by molar-refractivity contribution is -0.120. The van der Waals surface area contributed by atoms with E-state index in [1.807, 2.05) is 30.3 Å². The average Bonchev–Trinajstić information content (AvgIpc) is 2.76. The Morgan fingerprint density at radius 2 is 1.68 bits per heavy atom. The average molecular weight is 451 g/mol. The highest BCUT2D eigenvalue weighted by Crippen LogP contribution is 2.30. The standard InChI is InChI=1S/C22H30N2O6S/c1-4-24(5-2)31(26,27)21-16-18(12-13-20(21)29-6-3)23-22(25)17-28-14-15-30-19-10-8-7-9-11-19/h7-13,16H,4-6,14-15,17H2,1-3H3,(H,23,25). The van der Waals surface area contributed by atoms with E-state index in [9.17, 15) is 13.2 Å². The van der Waals surface area contributed by atoms with Crippen LogP contribution in [0, 0.1) is 0 Å². The van der Waals surface area contributed by atoms with Crippen LogP contribution in [-0.4, -0.2) is 58.1 Å². The highest BCUT2D eigenvalue weighted by Gasteiger charge is 2.26. The maximum Gasteiger partial charge on any atom is 0.250 e. The number of rotatable bonds is 13. The summed E-state index contributed by atoms with van der Waals surface area (Å²) in [5.74, 6) is 0.587. The van der Waals surface area contributed by atoms with Gasteiger partial charge in [-0.3, -0.25) is 4.79 Å². The van der Waals surface area contributed by atoms with Crippen LogP contribution in [0.2, 0.25) is 0 Å². The molecule has 2 aromatic rings. The Balaban J connectivity index is 1.97. The first-order valence-electron chi connectivity index (χ1n) is 10.2. The molecule has 31 heavy (non-hydrogen) atoms. The van der Waals surface area contributed by atoms with E-state index in [1.165, 1.54) is 10.4 Å². The van der Waals surface area contributed by atoms with Crippen molar-refractivity contribution in [3.05, 3.63) is 48.5 Å². The predicted molar refractivity (Wildman–Crippen MR) is 119 cm³/mol. The number of hydrogen-bond acceptors (Lipinski definition) is 6. The summed E-state index contributed by atoms with van der Waals surface area (Å²) < 4.78 is 43.6.